The summed E-state index contributed by atoms with van der Waals surface area (Å²) in [6.45, 7) is 4.05. The molecule has 26 heavy (non-hydrogen) atoms. The lowest BCUT2D eigenvalue weighted by molar-refractivity contribution is -0.124. The highest BCUT2D eigenvalue weighted by atomic mass is 79.9. The van der Waals surface area contributed by atoms with Crippen LogP contribution in [0.4, 0.5) is 5.82 Å². The van der Waals surface area contributed by atoms with E-state index in [2.05, 4.69) is 21.0 Å². The van der Waals surface area contributed by atoms with Crippen LogP contribution in [0.3, 0.4) is 0 Å². The Bertz CT molecular complexity index is 877. The first-order chi connectivity index (χ1) is 12.3. The average Bonchev–Trinajstić information content (AvgIpc) is 2.93. The van der Waals surface area contributed by atoms with Gasteiger partial charge in [-0.1, -0.05) is 22.0 Å². The Morgan fingerprint density at radius 2 is 1.92 bits per heavy atom. The second-order valence-electron chi connectivity index (χ2n) is 5.19. The monoisotopic (exact) mass is 421 g/mol. The Morgan fingerprint density at radius 1 is 1.27 bits per heavy atom. The van der Waals surface area contributed by atoms with E-state index < -0.39 is 17.8 Å². The molecule has 0 radical (unpaired) electrons. The summed E-state index contributed by atoms with van der Waals surface area (Å²) in [5.41, 5.74) is -0.0290. The minimum Gasteiger partial charge on any atom is -0.461 e. The van der Waals surface area contributed by atoms with Crippen molar-refractivity contribution in [3.05, 3.63) is 40.0 Å². The number of nitrogens with zero attached hydrogens (tertiary/aromatic N) is 3. The van der Waals surface area contributed by atoms with Crippen LogP contribution in [0.1, 0.15) is 41.6 Å². The highest BCUT2D eigenvalue weighted by molar-refractivity contribution is 9.10. The van der Waals surface area contributed by atoms with Gasteiger partial charge >= 0.3 is 5.97 Å². The molecule has 0 N–H and O–H groups in total. The third-order valence-electron chi connectivity index (χ3n) is 3.38. The van der Waals surface area contributed by atoms with E-state index in [0.29, 0.717) is 16.4 Å². The van der Waals surface area contributed by atoms with Gasteiger partial charge in [-0.25, -0.2) is 14.4 Å². The number of imide groups is 1. The van der Waals surface area contributed by atoms with Gasteiger partial charge in [0.25, 0.3) is 0 Å². The third kappa shape index (κ3) is 3.72. The number of halogens is 1. The number of esters is 1. The van der Waals surface area contributed by atoms with Crippen molar-refractivity contribution in [2.24, 2.45) is 0 Å². The van der Waals surface area contributed by atoms with Crippen LogP contribution in [0.25, 0.3) is 5.69 Å². The first-order valence-electron chi connectivity index (χ1n) is 7.64. The predicted molar refractivity (Wildman–Crippen MR) is 96.4 cm³/mol. The normalized spacial score (nSPS) is 10.3. The van der Waals surface area contributed by atoms with Crippen LogP contribution < -0.4 is 4.90 Å². The number of hydrogen-bond donors (Lipinski definition) is 0. The van der Waals surface area contributed by atoms with Gasteiger partial charge in [0.2, 0.25) is 11.8 Å². The molecule has 8 nitrogen and oxygen atoms in total. The number of carbonyl (C=O) groups is 4. The molecule has 1 heterocycles. The van der Waals surface area contributed by atoms with Gasteiger partial charge in [0.05, 0.1) is 17.9 Å². The van der Waals surface area contributed by atoms with Crippen LogP contribution in [-0.4, -0.2) is 40.5 Å². The fourth-order valence-corrected chi connectivity index (χ4v) is 2.79. The Morgan fingerprint density at radius 3 is 2.42 bits per heavy atom. The molecule has 0 saturated carbocycles. The Balaban J connectivity index is 2.84. The summed E-state index contributed by atoms with van der Waals surface area (Å²) in [5, 5.41) is 4.14. The number of aldehydes is 1. The smallest absolute Gasteiger partial charge is 0.359 e. The molecule has 0 unspecified atom stereocenters. The minimum atomic E-state index is -0.823. The summed E-state index contributed by atoms with van der Waals surface area (Å²) < 4.78 is 6.83. The number of amides is 2. The summed E-state index contributed by atoms with van der Waals surface area (Å²) >= 11 is 3.33. The highest BCUT2D eigenvalue weighted by Gasteiger charge is 2.31. The van der Waals surface area contributed by atoms with E-state index >= 15 is 0 Å². The average molecular weight is 422 g/mol. The largest absolute Gasteiger partial charge is 0.461 e. The van der Waals surface area contributed by atoms with Crippen LogP contribution >= 0.6 is 15.9 Å². The number of rotatable bonds is 5. The molecule has 0 fully saturated rings. The molecule has 136 valence electrons. The van der Waals surface area contributed by atoms with E-state index in [1.54, 1.807) is 31.2 Å². The highest BCUT2D eigenvalue weighted by Crippen LogP contribution is 2.28. The zero-order chi connectivity index (χ0) is 19.4. The van der Waals surface area contributed by atoms with Gasteiger partial charge in [-0.3, -0.25) is 14.4 Å². The second kappa shape index (κ2) is 8.05. The van der Waals surface area contributed by atoms with Crippen molar-refractivity contribution < 1.29 is 23.9 Å². The molecule has 0 atom stereocenters. The molecule has 0 saturated heterocycles. The molecule has 2 aromatic rings. The standard InChI is InChI=1S/C17H16BrN3O5/c1-4-26-17(25)15-14(9-22)16(20(10(2)23)11(3)24)21(19-15)13-7-5-6-12(18)8-13/h5-9H,4H2,1-3H3. The maximum absolute atomic E-state index is 12.2. The van der Waals surface area contributed by atoms with Crippen molar-refractivity contribution in [3.8, 4) is 5.69 Å². The van der Waals surface area contributed by atoms with Gasteiger partial charge in [0.15, 0.2) is 17.8 Å². The number of hydrogen-bond acceptors (Lipinski definition) is 6. The van der Waals surface area contributed by atoms with Crippen molar-refractivity contribution in [3.63, 3.8) is 0 Å². The van der Waals surface area contributed by atoms with Crippen molar-refractivity contribution in [2.75, 3.05) is 11.5 Å². The molecule has 0 bridgehead atoms. The topological polar surface area (TPSA) is 98.6 Å². The lowest BCUT2D eigenvalue weighted by atomic mass is 10.2. The fraction of sp³-hybridized carbons (Fsp3) is 0.235. The molecule has 0 aliphatic carbocycles. The minimum absolute atomic E-state index is 0.0827. The van der Waals surface area contributed by atoms with Crippen LogP contribution in [-0.2, 0) is 14.3 Å². The zero-order valence-electron chi connectivity index (χ0n) is 14.4. The van der Waals surface area contributed by atoms with Crippen molar-refractivity contribution in [1.29, 1.82) is 0 Å². The van der Waals surface area contributed by atoms with E-state index in [1.807, 2.05) is 0 Å². The van der Waals surface area contributed by atoms with Gasteiger partial charge in [0, 0.05) is 18.3 Å². The van der Waals surface area contributed by atoms with Crippen molar-refractivity contribution >= 4 is 45.8 Å². The lowest BCUT2D eigenvalue weighted by Gasteiger charge is -2.19. The number of benzene rings is 1. The maximum Gasteiger partial charge on any atom is 0.359 e. The Kier molecular flexibility index (Phi) is 6.04. The third-order valence-corrected chi connectivity index (χ3v) is 3.87. The molecule has 0 aliphatic rings. The second-order valence-corrected chi connectivity index (χ2v) is 6.11. The quantitative estimate of drug-likeness (QED) is 0.543. The molecular weight excluding hydrogens is 406 g/mol. The van der Waals surface area contributed by atoms with Gasteiger partial charge in [-0.15, -0.1) is 0 Å². The van der Waals surface area contributed by atoms with Crippen molar-refractivity contribution in [2.45, 2.75) is 20.8 Å². The molecule has 2 rings (SSSR count). The van der Waals surface area contributed by atoms with Crippen LogP contribution in [0.5, 0.6) is 0 Å². The van der Waals surface area contributed by atoms with Crippen LogP contribution in [0.2, 0.25) is 0 Å². The fourth-order valence-electron chi connectivity index (χ4n) is 2.40. The Labute approximate surface area is 157 Å². The zero-order valence-corrected chi connectivity index (χ0v) is 15.9. The first-order valence-corrected chi connectivity index (χ1v) is 8.43. The molecule has 0 spiro atoms. The summed E-state index contributed by atoms with van der Waals surface area (Å²) in [4.78, 5) is 48.8. The van der Waals surface area contributed by atoms with Gasteiger partial charge in [-0.2, -0.15) is 5.10 Å². The summed E-state index contributed by atoms with van der Waals surface area (Å²) in [5.74, 6) is -2.17. The summed E-state index contributed by atoms with van der Waals surface area (Å²) in [6.07, 6.45) is 0.377. The van der Waals surface area contributed by atoms with E-state index in [9.17, 15) is 19.2 Å². The van der Waals surface area contributed by atoms with E-state index in [4.69, 9.17) is 4.74 Å². The maximum atomic E-state index is 12.2. The summed E-state index contributed by atoms with van der Waals surface area (Å²) in [6, 6.07) is 6.80. The van der Waals surface area contributed by atoms with Crippen molar-refractivity contribution in [1.82, 2.24) is 9.78 Å². The van der Waals surface area contributed by atoms with Gasteiger partial charge in [-0.05, 0) is 25.1 Å². The first kappa shape index (κ1) is 19.5. The molecule has 9 heteroatoms. The Hall–Kier alpha value is -2.81. The molecule has 0 aliphatic heterocycles. The molecule has 2 amide bonds. The van der Waals surface area contributed by atoms with E-state index in [1.165, 1.54) is 18.5 Å². The lowest BCUT2D eigenvalue weighted by Crippen LogP contribution is -2.35. The predicted octanol–water partition coefficient (Wildman–Crippen LogP) is 2.52. The SMILES string of the molecule is CCOC(=O)c1nn(-c2cccc(Br)c2)c(N(C(C)=O)C(C)=O)c1C=O. The van der Waals surface area contributed by atoms with Crippen LogP contribution in [0.15, 0.2) is 28.7 Å². The van der Waals surface area contributed by atoms with Gasteiger partial charge < -0.3 is 4.74 Å². The van der Waals surface area contributed by atoms with Gasteiger partial charge in [0.1, 0.15) is 0 Å². The molecule has 1 aromatic carbocycles. The number of anilines is 1. The molecule has 1 aromatic heterocycles. The number of ether oxygens (including phenoxy) is 1. The molecular formula is C17H16BrN3O5. The summed E-state index contributed by atoms with van der Waals surface area (Å²) in [7, 11) is 0. The van der Waals surface area contributed by atoms with E-state index in [0.717, 1.165) is 4.90 Å². The number of aromatic nitrogens is 2. The van der Waals surface area contributed by atoms with E-state index in [-0.39, 0.29) is 23.7 Å². The number of carbonyl (C=O) groups excluding carboxylic acids is 4. The van der Waals surface area contributed by atoms with Crippen LogP contribution in [0, 0.1) is 0 Å².